The van der Waals surface area contributed by atoms with Gasteiger partial charge in [-0.2, -0.15) is 13.2 Å². The predicted octanol–water partition coefficient (Wildman–Crippen LogP) is 5.63. The first kappa shape index (κ1) is 20.2. The van der Waals surface area contributed by atoms with Crippen molar-refractivity contribution >= 4 is 44.9 Å². The number of nitrogens with zero attached hydrogens (tertiary/aromatic N) is 2. The van der Waals surface area contributed by atoms with Crippen LogP contribution < -0.4 is 5.32 Å². The van der Waals surface area contributed by atoms with E-state index in [0.29, 0.717) is 5.82 Å². The van der Waals surface area contributed by atoms with Crippen molar-refractivity contribution in [2.45, 2.75) is 43.8 Å². The van der Waals surface area contributed by atoms with Crippen molar-refractivity contribution < 1.29 is 18.0 Å². The molecule has 1 aliphatic rings. The maximum Gasteiger partial charge on any atom is 0.416 e. The summed E-state index contributed by atoms with van der Waals surface area (Å²) in [7, 11) is 0. The van der Waals surface area contributed by atoms with E-state index in [1.165, 1.54) is 40.8 Å². The number of rotatable bonds is 4. The summed E-state index contributed by atoms with van der Waals surface area (Å²) >= 11 is 3.00. The van der Waals surface area contributed by atoms with Gasteiger partial charge in [0.2, 0.25) is 5.91 Å². The van der Waals surface area contributed by atoms with Gasteiger partial charge in [0.25, 0.3) is 0 Å². The number of benzene rings is 1. The van der Waals surface area contributed by atoms with Crippen LogP contribution in [-0.4, -0.2) is 21.6 Å². The fraction of sp³-hybridized carbons (Fsp3) is 0.350. The maximum atomic E-state index is 12.8. The number of alkyl halides is 3. The number of thioether (sulfide) groups is 1. The Labute approximate surface area is 173 Å². The summed E-state index contributed by atoms with van der Waals surface area (Å²) in [6.45, 7) is 1.82. The highest BCUT2D eigenvalue weighted by molar-refractivity contribution is 8.00. The van der Waals surface area contributed by atoms with Crippen LogP contribution >= 0.6 is 23.1 Å². The molecule has 2 aromatic heterocycles. The van der Waals surface area contributed by atoms with Crippen LogP contribution in [0, 0.1) is 6.92 Å². The molecule has 1 aliphatic carbocycles. The lowest BCUT2D eigenvalue weighted by atomic mass is 9.97. The van der Waals surface area contributed by atoms with Crippen molar-refractivity contribution in [3.8, 4) is 0 Å². The molecule has 4 nitrogen and oxygen atoms in total. The second-order valence-corrected chi connectivity index (χ2v) is 8.93. The van der Waals surface area contributed by atoms with Gasteiger partial charge in [0.05, 0.1) is 11.3 Å². The third-order valence-electron chi connectivity index (χ3n) is 4.71. The maximum absolute atomic E-state index is 12.8. The molecule has 1 aromatic carbocycles. The SMILES string of the molecule is Cc1nc(SCC(=O)Nc2cccc(C(F)(F)F)c2)c2c3c(sc2n1)CCCC3. The molecule has 1 amide bonds. The zero-order chi connectivity index (χ0) is 20.6. The van der Waals surface area contributed by atoms with Gasteiger partial charge in [0.1, 0.15) is 15.7 Å². The fourth-order valence-electron chi connectivity index (χ4n) is 3.43. The quantitative estimate of drug-likeness (QED) is 0.425. The number of aromatic nitrogens is 2. The van der Waals surface area contributed by atoms with E-state index in [9.17, 15) is 18.0 Å². The monoisotopic (exact) mass is 437 g/mol. The summed E-state index contributed by atoms with van der Waals surface area (Å²) in [5, 5.41) is 4.35. The molecule has 0 radical (unpaired) electrons. The highest BCUT2D eigenvalue weighted by atomic mass is 32.2. The van der Waals surface area contributed by atoms with Gasteiger partial charge < -0.3 is 5.32 Å². The van der Waals surface area contributed by atoms with Crippen LogP contribution in [0.1, 0.15) is 34.7 Å². The molecule has 0 aliphatic heterocycles. The zero-order valence-electron chi connectivity index (χ0n) is 15.6. The Morgan fingerprint density at radius 2 is 2.03 bits per heavy atom. The minimum atomic E-state index is -4.45. The number of carbonyl (C=O) groups is 1. The van der Waals surface area contributed by atoms with Crippen LogP contribution in [0.15, 0.2) is 29.3 Å². The Bertz CT molecular complexity index is 1080. The molecule has 3 aromatic rings. The third kappa shape index (κ3) is 4.40. The van der Waals surface area contributed by atoms with Gasteiger partial charge in [-0.3, -0.25) is 4.79 Å². The second-order valence-electron chi connectivity index (χ2n) is 6.88. The smallest absolute Gasteiger partial charge is 0.325 e. The van der Waals surface area contributed by atoms with Crippen LogP contribution in [-0.2, 0) is 23.8 Å². The van der Waals surface area contributed by atoms with E-state index in [-0.39, 0.29) is 17.3 Å². The summed E-state index contributed by atoms with van der Waals surface area (Å²) < 4.78 is 38.5. The number of aryl methyl sites for hydroxylation is 3. The van der Waals surface area contributed by atoms with Crippen molar-refractivity contribution in [3.63, 3.8) is 0 Å². The van der Waals surface area contributed by atoms with E-state index in [2.05, 4.69) is 15.3 Å². The molecule has 9 heteroatoms. The van der Waals surface area contributed by atoms with E-state index >= 15 is 0 Å². The second kappa shape index (κ2) is 7.95. The average molecular weight is 438 g/mol. The predicted molar refractivity (Wildman–Crippen MR) is 110 cm³/mol. The molecule has 0 fully saturated rings. The van der Waals surface area contributed by atoms with E-state index < -0.39 is 11.7 Å². The molecule has 0 bridgehead atoms. The molecule has 0 unspecified atom stereocenters. The number of hydrogen-bond donors (Lipinski definition) is 1. The Morgan fingerprint density at radius 3 is 2.83 bits per heavy atom. The van der Waals surface area contributed by atoms with Crippen molar-refractivity contribution in [2.75, 3.05) is 11.1 Å². The van der Waals surface area contributed by atoms with Gasteiger partial charge in [-0.25, -0.2) is 9.97 Å². The highest BCUT2D eigenvalue weighted by Gasteiger charge is 2.30. The number of carbonyl (C=O) groups excluding carboxylic acids is 1. The van der Waals surface area contributed by atoms with Gasteiger partial charge in [-0.05, 0) is 56.4 Å². The summed E-state index contributed by atoms with van der Waals surface area (Å²) in [4.78, 5) is 23.7. The number of anilines is 1. The fourth-order valence-corrected chi connectivity index (χ4v) is 5.71. The lowest BCUT2D eigenvalue weighted by Crippen LogP contribution is -2.15. The van der Waals surface area contributed by atoms with E-state index in [4.69, 9.17) is 0 Å². The Morgan fingerprint density at radius 1 is 1.24 bits per heavy atom. The molecular weight excluding hydrogens is 419 g/mol. The van der Waals surface area contributed by atoms with Crippen LogP contribution in [0.4, 0.5) is 18.9 Å². The Balaban J connectivity index is 1.51. The van der Waals surface area contributed by atoms with Gasteiger partial charge in [-0.15, -0.1) is 11.3 Å². The first-order chi connectivity index (χ1) is 13.8. The first-order valence-electron chi connectivity index (χ1n) is 9.20. The van der Waals surface area contributed by atoms with E-state index in [1.54, 1.807) is 11.3 Å². The number of halogens is 3. The van der Waals surface area contributed by atoms with Crippen LogP contribution in [0.25, 0.3) is 10.2 Å². The van der Waals surface area contributed by atoms with Crippen molar-refractivity contribution in [3.05, 3.63) is 46.1 Å². The summed E-state index contributed by atoms with van der Waals surface area (Å²) in [6, 6.07) is 4.63. The van der Waals surface area contributed by atoms with Gasteiger partial charge in [0.15, 0.2) is 0 Å². The Hall–Kier alpha value is -2.13. The molecule has 0 saturated carbocycles. The van der Waals surface area contributed by atoms with Gasteiger partial charge in [-0.1, -0.05) is 17.8 Å². The number of fused-ring (bicyclic) bond motifs is 3. The molecule has 0 saturated heterocycles. The highest BCUT2D eigenvalue weighted by Crippen LogP contribution is 2.39. The molecular formula is C20H18F3N3OS2. The van der Waals surface area contributed by atoms with Gasteiger partial charge >= 0.3 is 6.18 Å². The van der Waals surface area contributed by atoms with Crippen LogP contribution in [0.3, 0.4) is 0 Å². The molecule has 1 N–H and O–H groups in total. The van der Waals surface area contributed by atoms with E-state index in [0.717, 1.165) is 46.6 Å². The molecule has 4 rings (SSSR count). The molecule has 0 spiro atoms. The van der Waals surface area contributed by atoms with Crippen LogP contribution in [0.2, 0.25) is 0 Å². The topological polar surface area (TPSA) is 54.9 Å². The van der Waals surface area contributed by atoms with Crippen molar-refractivity contribution in [1.29, 1.82) is 0 Å². The summed E-state index contributed by atoms with van der Waals surface area (Å²) in [6.07, 6.45) is -0.0974. The van der Waals surface area contributed by atoms with Crippen molar-refractivity contribution in [2.24, 2.45) is 0 Å². The number of amides is 1. The standard InChI is InChI=1S/C20H18F3N3OS2/c1-11-24-18(17-14-7-2-3-8-15(14)29-19(17)25-11)28-10-16(27)26-13-6-4-5-12(9-13)20(21,22)23/h4-6,9H,2-3,7-8,10H2,1H3,(H,26,27). The lowest BCUT2D eigenvalue weighted by molar-refractivity contribution is -0.137. The average Bonchev–Trinajstić information content (AvgIpc) is 3.03. The molecule has 2 heterocycles. The first-order valence-corrected chi connectivity index (χ1v) is 11.0. The Kier molecular flexibility index (Phi) is 5.52. The molecule has 29 heavy (non-hydrogen) atoms. The minimum absolute atomic E-state index is 0.0619. The minimum Gasteiger partial charge on any atom is -0.325 e. The number of thiophene rings is 1. The lowest BCUT2D eigenvalue weighted by Gasteiger charge is -2.12. The van der Waals surface area contributed by atoms with Crippen molar-refractivity contribution in [1.82, 2.24) is 9.97 Å². The molecule has 152 valence electrons. The number of hydrogen-bond acceptors (Lipinski definition) is 5. The molecule has 0 atom stereocenters. The largest absolute Gasteiger partial charge is 0.416 e. The number of nitrogens with one attached hydrogen (secondary N) is 1. The van der Waals surface area contributed by atoms with Crippen LogP contribution in [0.5, 0.6) is 0 Å². The summed E-state index contributed by atoms with van der Waals surface area (Å²) in [5.74, 6) is 0.339. The normalized spacial score (nSPS) is 14.1. The zero-order valence-corrected chi connectivity index (χ0v) is 17.2. The third-order valence-corrected chi connectivity index (χ3v) is 6.87. The summed E-state index contributed by atoms with van der Waals surface area (Å²) in [5.41, 5.74) is 0.625. The van der Waals surface area contributed by atoms with Gasteiger partial charge in [0, 0.05) is 16.0 Å². The van der Waals surface area contributed by atoms with E-state index in [1.807, 2.05) is 6.92 Å².